The molecular weight excluding hydrogens is 351 g/mol. The van der Waals surface area contributed by atoms with Crippen molar-refractivity contribution in [1.82, 2.24) is 10.3 Å². The van der Waals surface area contributed by atoms with Crippen molar-refractivity contribution in [2.24, 2.45) is 0 Å². The van der Waals surface area contributed by atoms with E-state index in [0.717, 1.165) is 4.70 Å². The monoisotopic (exact) mass is 364 g/mol. The first-order valence-electron chi connectivity index (χ1n) is 6.98. The molecule has 0 saturated carbocycles. The van der Waals surface area contributed by atoms with Crippen molar-refractivity contribution in [3.63, 3.8) is 0 Å². The molecule has 0 radical (unpaired) electrons. The first-order chi connectivity index (χ1) is 11.5. The number of hydrogen-bond donors (Lipinski definition) is 3. The summed E-state index contributed by atoms with van der Waals surface area (Å²) < 4.78 is 14.6. The van der Waals surface area contributed by atoms with E-state index in [2.05, 4.69) is 10.3 Å². The Labute approximate surface area is 145 Å². The third-order valence-electron chi connectivity index (χ3n) is 3.19. The summed E-state index contributed by atoms with van der Waals surface area (Å²) in [5.41, 5.74) is 1.39. The molecule has 3 N–H and O–H groups in total. The average Bonchev–Trinajstić information content (AvgIpc) is 2.96. The number of rotatable bonds is 5. The van der Waals surface area contributed by atoms with Crippen molar-refractivity contribution in [2.75, 3.05) is 5.75 Å². The van der Waals surface area contributed by atoms with Gasteiger partial charge >= 0.3 is 0 Å². The van der Waals surface area contributed by atoms with Crippen LogP contribution in [-0.4, -0.2) is 26.9 Å². The summed E-state index contributed by atoms with van der Waals surface area (Å²) in [7, 11) is 0. The number of carbonyl (C=O) groups is 1. The van der Waals surface area contributed by atoms with Crippen molar-refractivity contribution >= 4 is 39.2 Å². The molecule has 0 spiro atoms. The molecular formula is C16H13FN2O3S2. The maximum Gasteiger partial charge on any atom is 0.230 e. The van der Waals surface area contributed by atoms with Gasteiger partial charge in [0.15, 0.2) is 15.8 Å². The fraction of sp³-hybridized carbons (Fsp3) is 0.125. The van der Waals surface area contributed by atoms with Crippen molar-refractivity contribution in [1.29, 1.82) is 0 Å². The number of phenols is 2. The molecule has 3 rings (SSSR count). The Morgan fingerprint density at radius 1 is 1.21 bits per heavy atom. The highest BCUT2D eigenvalue weighted by Crippen LogP contribution is 2.30. The third-order valence-corrected chi connectivity index (χ3v) is 5.35. The lowest BCUT2D eigenvalue weighted by molar-refractivity contribution is -0.118. The van der Waals surface area contributed by atoms with Gasteiger partial charge in [0.2, 0.25) is 5.91 Å². The van der Waals surface area contributed by atoms with E-state index in [1.807, 2.05) is 0 Å². The van der Waals surface area contributed by atoms with Crippen LogP contribution in [0.2, 0.25) is 0 Å². The van der Waals surface area contributed by atoms with Gasteiger partial charge in [0.05, 0.1) is 16.0 Å². The molecule has 5 nitrogen and oxygen atoms in total. The molecule has 2 aromatic carbocycles. The van der Waals surface area contributed by atoms with Gasteiger partial charge in [-0.05, 0) is 35.9 Å². The molecule has 3 aromatic rings. The SMILES string of the molecule is O=C(CSc1nc2ccc(F)cc2s1)NCc1ccc(O)c(O)c1. The fourth-order valence-electron chi connectivity index (χ4n) is 2.00. The molecule has 0 unspecified atom stereocenters. The summed E-state index contributed by atoms with van der Waals surface area (Å²) >= 11 is 2.63. The van der Waals surface area contributed by atoms with E-state index < -0.39 is 0 Å². The predicted molar refractivity (Wildman–Crippen MR) is 91.9 cm³/mol. The standard InChI is InChI=1S/C16H13FN2O3S2/c17-10-2-3-11-14(6-10)24-16(19-11)23-8-15(22)18-7-9-1-4-12(20)13(21)5-9/h1-6,20-21H,7-8H2,(H,18,22). The zero-order valence-electron chi connectivity index (χ0n) is 12.3. The van der Waals surface area contributed by atoms with Crippen LogP contribution in [0.15, 0.2) is 40.7 Å². The van der Waals surface area contributed by atoms with E-state index in [1.165, 1.54) is 47.4 Å². The Hall–Kier alpha value is -2.32. The first-order valence-corrected chi connectivity index (χ1v) is 8.78. The van der Waals surface area contributed by atoms with Gasteiger partial charge in [0.25, 0.3) is 0 Å². The number of amides is 1. The van der Waals surface area contributed by atoms with Crippen LogP contribution in [0.5, 0.6) is 11.5 Å². The second-order valence-electron chi connectivity index (χ2n) is 4.98. The molecule has 0 aliphatic carbocycles. The van der Waals surface area contributed by atoms with E-state index in [9.17, 15) is 19.4 Å². The van der Waals surface area contributed by atoms with Gasteiger partial charge in [-0.2, -0.15) is 0 Å². The van der Waals surface area contributed by atoms with Gasteiger partial charge in [0.1, 0.15) is 5.82 Å². The zero-order valence-corrected chi connectivity index (χ0v) is 14.0. The number of aromatic nitrogens is 1. The maximum atomic E-state index is 13.1. The number of phenolic OH excluding ortho intramolecular Hbond substituents is 2. The van der Waals surface area contributed by atoms with Crippen LogP contribution in [0, 0.1) is 5.82 Å². The van der Waals surface area contributed by atoms with Gasteiger partial charge in [-0.15, -0.1) is 11.3 Å². The van der Waals surface area contributed by atoms with Crippen LogP contribution in [0.3, 0.4) is 0 Å². The van der Waals surface area contributed by atoms with Crippen LogP contribution in [-0.2, 0) is 11.3 Å². The first kappa shape index (κ1) is 16.5. The quantitative estimate of drug-likeness (QED) is 0.478. The number of hydrogen-bond acceptors (Lipinski definition) is 6. The number of benzene rings is 2. The minimum atomic E-state index is -0.308. The molecule has 0 atom stereocenters. The topological polar surface area (TPSA) is 82.5 Å². The molecule has 1 heterocycles. The Morgan fingerprint density at radius 2 is 2.04 bits per heavy atom. The molecule has 0 bridgehead atoms. The highest BCUT2D eigenvalue weighted by molar-refractivity contribution is 8.01. The van der Waals surface area contributed by atoms with Crippen LogP contribution in [0.25, 0.3) is 10.2 Å². The van der Waals surface area contributed by atoms with E-state index >= 15 is 0 Å². The van der Waals surface area contributed by atoms with Crippen LogP contribution >= 0.6 is 23.1 Å². The summed E-state index contributed by atoms with van der Waals surface area (Å²) in [5, 5.41) is 21.4. The van der Waals surface area contributed by atoms with E-state index in [1.54, 1.807) is 12.1 Å². The summed E-state index contributed by atoms with van der Waals surface area (Å²) in [6, 6.07) is 8.77. The number of thioether (sulfide) groups is 1. The lowest BCUT2D eigenvalue weighted by Gasteiger charge is -2.05. The molecule has 0 aliphatic rings. The molecule has 8 heteroatoms. The number of fused-ring (bicyclic) bond motifs is 1. The third kappa shape index (κ3) is 3.95. The van der Waals surface area contributed by atoms with Crippen LogP contribution in [0.1, 0.15) is 5.56 Å². The fourth-order valence-corrected chi connectivity index (χ4v) is 3.92. The van der Waals surface area contributed by atoms with Gasteiger partial charge in [-0.3, -0.25) is 4.79 Å². The largest absolute Gasteiger partial charge is 0.504 e. The normalized spacial score (nSPS) is 10.9. The number of aromatic hydroxyl groups is 2. The van der Waals surface area contributed by atoms with Crippen molar-refractivity contribution in [3.8, 4) is 11.5 Å². The van der Waals surface area contributed by atoms with Crippen molar-refractivity contribution in [3.05, 3.63) is 47.8 Å². The molecule has 1 amide bonds. The number of nitrogens with one attached hydrogen (secondary N) is 1. The number of thiazole rings is 1. The number of nitrogens with zero attached hydrogens (tertiary/aromatic N) is 1. The van der Waals surface area contributed by atoms with Gasteiger partial charge in [0, 0.05) is 6.54 Å². The molecule has 0 aliphatic heterocycles. The van der Waals surface area contributed by atoms with Crippen molar-refractivity contribution < 1.29 is 19.4 Å². The second kappa shape index (κ2) is 7.06. The Morgan fingerprint density at radius 3 is 2.83 bits per heavy atom. The molecule has 1 aromatic heterocycles. The maximum absolute atomic E-state index is 13.1. The minimum Gasteiger partial charge on any atom is -0.504 e. The zero-order chi connectivity index (χ0) is 17.1. The predicted octanol–water partition coefficient (Wildman–Crippen LogP) is 3.26. The second-order valence-corrected chi connectivity index (χ2v) is 7.23. The molecule has 0 fully saturated rings. The lowest BCUT2D eigenvalue weighted by Crippen LogP contribution is -2.24. The van der Waals surface area contributed by atoms with E-state index in [4.69, 9.17) is 0 Å². The highest BCUT2D eigenvalue weighted by Gasteiger charge is 2.09. The van der Waals surface area contributed by atoms with Gasteiger partial charge < -0.3 is 15.5 Å². The molecule has 124 valence electrons. The minimum absolute atomic E-state index is 0.182. The van der Waals surface area contributed by atoms with Gasteiger partial charge in [-0.25, -0.2) is 9.37 Å². The smallest absolute Gasteiger partial charge is 0.230 e. The number of carbonyl (C=O) groups excluding carboxylic acids is 1. The highest BCUT2D eigenvalue weighted by atomic mass is 32.2. The summed E-state index contributed by atoms with van der Waals surface area (Å²) in [4.78, 5) is 16.2. The van der Waals surface area contributed by atoms with Crippen LogP contribution < -0.4 is 5.32 Å². The summed E-state index contributed by atoms with van der Waals surface area (Å²) in [5.74, 6) is -0.729. The molecule has 0 saturated heterocycles. The van der Waals surface area contributed by atoms with Crippen LogP contribution in [0.4, 0.5) is 4.39 Å². The van der Waals surface area contributed by atoms with Crippen molar-refractivity contribution in [2.45, 2.75) is 10.9 Å². The van der Waals surface area contributed by atoms with E-state index in [-0.39, 0.29) is 35.5 Å². The lowest BCUT2D eigenvalue weighted by atomic mass is 10.2. The Balaban J connectivity index is 1.53. The summed E-state index contributed by atoms with van der Waals surface area (Å²) in [6.07, 6.45) is 0. The Kier molecular flexibility index (Phi) is 4.86. The molecule has 24 heavy (non-hydrogen) atoms. The van der Waals surface area contributed by atoms with E-state index in [0.29, 0.717) is 15.4 Å². The Bertz CT molecular complexity index is 898. The average molecular weight is 364 g/mol. The van der Waals surface area contributed by atoms with Gasteiger partial charge in [-0.1, -0.05) is 17.8 Å². The number of halogens is 1. The summed E-state index contributed by atoms with van der Waals surface area (Å²) in [6.45, 7) is 0.248.